The first-order valence-corrected chi connectivity index (χ1v) is 4.92. The molecule has 15 heavy (non-hydrogen) atoms. The normalized spacial score (nSPS) is 26.2. The second-order valence-corrected chi connectivity index (χ2v) is 4.61. The zero-order chi connectivity index (χ0) is 11.6. The maximum Gasteiger partial charge on any atom is 0.412 e. The number of nitriles is 1. The lowest BCUT2D eigenvalue weighted by molar-refractivity contribution is -0.0195. The van der Waals surface area contributed by atoms with E-state index < -0.39 is 23.8 Å². The van der Waals surface area contributed by atoms with Gasteiger partial charge in [-0.05, 0) is 27.2 Å². The van der Waals surface area contributed by atoms with Gasteiger partial charge >= 0.3 is 6.09 Å². The van der Waals surface area contributed by atoms with Gasteiger partial charge in [-0.3, -0.25) is 4.90 Å². The van der Waals surface area contributed by atoms with Gasteiger partial charge in [-0.2, -0.15) is 5.26 Å². The van der Waals surface area contributed by atoms with E-state index in [9.17, 15) is 9.90 Å². The number of likely N-dealkylation sites (tertiary alicyclic amines) is 1. The molecule has 1 fully saturated rings. The van der Waals surface area contributed by atoms with Gasteiger partial charge in [-0.15, -0.1) is 0 Å². The fourth-order valence-corrected chi connectivity index (χ4v) is 1.43. The molecule has 0 spiro atoms. The highest BCUT2D eigenvalue weighted by atomic mass is 16.6. The Bertz CT molecular complexity index is 290. The van der Waals surface area contributed by atoms with Crippen LogP contribution < -0.4 is 0 Å². The van der Waals surface area contributed by atoms with Crippen molar-refractivity contribution in [3.8, 4) is 6.07 Å². The van der Waals surface area contributed by atoms with Gasteiger partial charge in [0.15, 0.2) is 0 Å². The van der Waals surface area contributed by atoms with Gasteiger partial charge in [0.2, 0.25) is 0 Å². The Morgan fingerprint density at radius 2 is 2.20 bits per heavy atom. The van der Waals surface area contributed by atoms with Crippen molar-refractivity contribution in [2.45, 2.75) is 39.0 Å². The van der Waals surface area contributed by atoms with Crippen LogP contribution in [0.2, 0.25) is 0 Å². The van der Waals surface area contributed by atoms with E-state index in [1.165, 1.54) is 4.90 Å². The maximum absolute atomic E-state index is 11.6. The van der Waals surface area contributed by atoms with E-state index in [1.54, 1.807) is 20.8 Å². The molecule has 5 heteroatoms. The van der Waals surface area contributed by atoms with Gasteiger partial charge in [-0.25, -0.2) is 4.79 Å². The van der Waals surface area contributed by atoms with Crippen molar-refractivity contribution in [2.24, 2.45) is 5.92 Å². The Morgan fingerprint density at radius 3 is 2.60 bits per heavy atom. The predicted octanol–water partition coefficient (Wildman–Crippen LogP) is 1.09. The average Bonchev–Trinajstić information content (AvgIpc) is 2.43. The third-order valence-corrected chi connectivity index (χ3v) is 2.15. The molecule has 1 aliphatic rings. The summed E-state index contributed by atoms with van der Waals surface area (Å²) in [7, 11) is 0. The first-order valence-electron chi connectivity index (χ1n) is 4.92. The van der Waals surface area contributed by atoms with E-state index in [2.05, 4.69) is 0 Å². The minimum atomic E-state index is -1.04. The third kappa shape index (κ3) is 2.83. The summed E-state index contributed by atoms with van der Waals surface area (Å²) < 4.78 is 5.10. The average molecular weight is 212 g/mol. The van der Waals surface area contributed by atoms with Crippen LogP contribution in [0.4, 0.5) is 4.79 Å². The summed E-state index contributed by atoms with van der Waals surface area (Å²) in [6.45, 7) is 5.65. The van der Waals surface area contributed by atoms with Gasteiger partial charge in [0.25, 0.3) is 0 Å². The summed E-state index contributed by atoms with van der Waals surface area (Å²) in [5, 5.41) is 18.3. The van der Waals surface area contributed by atoms with Crippen LogP contribution >= 0.6 is 0 Å². The number of aliphatic hydroxyl groups is 1. The highest BCUT2D eigenvalue weighted by Crippen LogP contribution is 2.23. The maximum atomic E-state index is 11.6. The summed E-state index contributed by atoms with van der Waals surface area (Å²) >= 11 is 0. The molecule has 0 aliphatic carbocycles. The molecule has 2 atom stereocenters. The van der Waals surface area contributed by atoms with Crippen molar-refractivity contribution in [3.05, 3.63) is 0 Å². The highest BCUT2D eigenvalue weighted by molar-refractivity contribution is 5.68. The van der Waals surface area contributed by atoms with Crippen molar-refractivity contribution in [2.75, 3.05) is 6.54 Å². The number of carbonyl (C=O) groups is 1. The lowest BCUT2D eigenvalue weighted by Crippen LogP contribution is -2.41. The van der Waals surface area contributed by atoms with Crippen LogP contribution in [-0.2, 0) is 4.74 Å². The van der Waals surface area contributed by atoms with Gasteiger partial charge in [0, 0.05) is 6.54 Å². The monoisotopic (exact) mass is 212 g/mol. The number of hydrogen-bond acceptors (Lipinski definition) is 4. The lowest BCUT2D eigenvalue weighted by Gasteiger charge is -2.26. The van der Waals surface area contributed by atoms with Gasteiger partial charge in [-0.1, -0.05) is 0 Å². The molecule has 0 bridgehead atoms. The van der Waals surface area contributed by atoms with E-state index in [-0.39, 0.29) is 0 Å². The molecule has 1 saturated heterocycles. The summed E-state index contributed by atoms with van der Waals surface area (Å²) in [6.07, 6.45) is -1.10. The summed E-state index contributed by atoms with van der Waals surface area (Å²) in [4.78, 5) is 12.8. The van der Waals surface area contributed by atoms with Crippen molar-refractivity contribution in [1.82, 2.24) is 4.90 Å². The zero-order valence-corrected chi connectivity index (χ0v) is 9.23. The van der Waals surface area contributed by atoms with Crippen LogP contribution in [-0.4, -0.2) is 34.5 Å². The van der Waals surface area contributed by atoms with Crippen LogP contribution in [0.25, 0.3) is 0 Å². The van der Waals surface area contributed by atoms with E-state index >= 15 is 0 Å². The smallest absolute Gasteiger partial charge is 0.412 e. The minimum absolute atomic E-state index is 0.369. The summed E-state index contributed by atoms with van der Waals surface area (Å²) in [5.41, 5.74) is -0.582. The van der Waals surface area contributed by atoms with Crippen molar-refractivity contribution in [3.63, 3.8) is 0 Å². The Balaban J connectivity index is 2.60. The molecule has 0 aromatic carbocycles. The van der Waals surface area contributed by atoms with Crippen molar-refractivity contribution >= 4 is 6.09 Å². The third-order valence-electron chi connectivity index (χ3n) is 2.15. The standard InChI is InChI=1S/C10H16N2O3/c1-10(2,3)15-9(14)12-5-4-7(6-11)8(12)13/h7-8,13H,4-5H2,1-3H3. The molecule has 1 N–H and O–H groups in total. The summed E-state index contributed by atoms with van der Waals surface area (Å²) in [6, 6.07) is 1.96. The second kappa shape index (κ2) is 4.07. The second-order valence-electron chi connectivity index (χ2n) is 4.61. The molecule has 0 aromatic rings. The topological polar surface area (TPSA) is 73.6 Å². The molecule has 2 unspecified atom stereocenters. The number of aliphatic hydroxyl groups excluding tert-OH is 1. The Hall–Kier alpha value is -1.28. The number of hydrogen-bond donors (Lipinski definition) is 1. The molecule has 1 amide bonds. The van der Waals surface area contributed by atoms with E-state index in [0.717, 1.165) is 0 Å². The highest BCUT2D eigenvalue weighted by Gasteiger charge is 2.37. The zero-order valence-electron chi connectivity index (χ0n) is 9.23. The largest absolute Gasteiger partial charge is 0.444 e. The Labute approximate surface area is 89.2 Å². The van der Waals surface area contributed by atoms with Crippen LogP contribution in [0.3, 0.4) is 0 Å². The van der Waals surface area contributed by atoms with Crippen LogP contribution in [0.5, 0.6) is 0 Å². The molecule has 0 radical (unpaired) electrons. The van der Waals surface area contributed by atoms with E-state index in [0.29, 0.717) is 13.0 Å². The number of nitrogens with zero attached hydrogens (tertiary/aromatic N) is 2. The van der Waals surface area contributed by atoms with Crippen molar-refractivity contribution < 1.29 is 14.6 Å². The Morgan fingerprint density at radius 1 is 1.60 bits per heavy atom. The molecule has 1 rings (SSSR count). The summed E-state index contributed by atoms with van der Waals surface area (Å²) in [5.74, 6) is -0.502. The number of amides is 1. The van der Waals surface area contributed by atoms with Crippen LogP contribution in [0.15, 0.2) is 0 Å². The fourth-order valence-electron chi connectivity index (χ4n) is 1.43. The Kier molecular flexibility index (Phi) is 3.20. The molecule has 0 aromatic heterocycles. The molecule has 1 aliphatic heterocycles. The molecular formula is C10H16N2O3. The van der Waals surface area contributed by atoms with E-state index in [4.69, 9.17) is 10.00 Å². The predicted molar refractivity (Wildman–Crippen MR) is 52.7 cm³/mol. The quantitative estimate of drug-likeness (QED) is 0.652. The fraction of sp³-hybridized carbons (Fsp3) is 0.800. The minimum Gasteiger partial charge on any atom is -0.444 e. The van der Waals surface area contributed by atoms with Gasteiger partial charge in [0.05, 0.1) is 12.0 Å². The first-order chi connectivity index (χ1) is 6.85. The molecule has 1 heterocycles. The molecule has 84 valence electrons. The van der Waals surface area contributed by atoms with Crippen LogP contribution in [0.1, 0.15) is 27.2 Å². The van der Waals surface area contributed by atoms with Crippen molar-refractivity contribution in [1.29, 1.82) is 5.26 Å². The van der Waals surface area contributed by atoms with Crippen LogP contribution in [0, 0.1) is 17.2 Å². The van der Waals surface area contributed by atoms with Gasteiger partial charge in [0.1, 0.15) is 11.8 Å². The SMILES string of the molecule is CC(C)(C)OC(=O)N1CCC(C#N)C1O. The van der Waals surface area contributed by atoms with Gasteiger partial charge < -0.3 is 9.84 Å². The number of rotatable bonds is 0. The lowest BCUT2D eigenvalue weighted by atomic mass is 10.1. The molecule has 5 nitrogen and oxygen atoms in total. The molecule has 0 saturated carbocycles. The number of carbonyl (C=O) groups excluding carboxylic acids is 1. The first kappa shape index (κ1) is 11.8. The van der Waals surface area contributed by atoms with E-state index in [1.807, 2.05) is 6.07 Å². The number of ether oxygens (including phenoxy) is 1. The molecular weight excluding hydrogens is 196 g/mol.